The molecule has 0 saturated carbocycles. The average Bonchev–Trinajstić information content (AvgIpc) is 3.03. The first-order chi connectivity index (χ1) is 13.1. The van der Waals surface area contributed by atoms with Gasteiger partial charge in [0.15, 0.2) is 0 Å². The molecule has 150 valence electrons. The summed E-state index contributed by atoms with van der Waals surface area (Å²) in [5, 5.41) is 0. The van der Waals surface area contributed by atoms with Gasteiger partial charge in [0.05, 0.1) is 20.3 Å². The molecule has 0 aliphatic carbocycles. The molecule has 1 spiro atoms. The van der Waals surface area contributed by atoms with E-state index >= 15 is 0 Å². The Balaban J connectivity index is 1.64. The topological polar surface area (TPSA) is 51.2 Å². The van der Waals surface area contributed by atoms with Crippen molar-refractivity contribution in [1.82, 2.24) is 9.80 Å². The second-order valence-electron chi connectivity index (χ2n) is 7.77. The molecular formula is C21H32N2O4. The van der Waals surface area contributed by atoms with Crippen LogP contribution in [0.3, 0.4) is 0 Å². The summed E-state index contributed by atoms with van der Waals surface area (Å²) in [5.74, 6) is 1.34. The normalized spacial score (nSPS) is 22.3. The van der Waals surface area contributed by atoms with E-state index in [1.54, 1.807) is 21.3 Å². The van der Waals surface area contributed by atoms with Crippen LogP contribution in [0.2, 0.25) is 0 Å². The Labute approximate surface area is 162 Å². The van der Waals surface area contributed by atoms with Gasteiger partial charge in [-0.2, -0.15) is 0 Å². The van der Waals surface area contributed by atoms with E-state index in [0.717, 1.165) is 64.5 Å². The fourth-order valence-corrected chi connectivity index (χ4v) is 4.63. The predicted molar refractivity (Wildman–Crippen MR) is 104 cm³/mol. The molecule has 2 heterocycles. The number of carbonyl (C=O) groups is 1. The van der Waals surface area contributed by atoms with Gasteiger partial charge in [-0.05, 0) is 36.5 Å². The molecule has 1 aromatic rings. The standard InChI is InChI=1S/C21H32N2O4/c1-25-12-11-22-14-18(15-26-2)21(16-22)7-9-23(10-8-21)20(24)17-5-4-6-19(13-17)27-3/h4-6,13,18H,7-12,14-16H2,1-3H3/t18-/m0/s1. The van der Waals surface area contributed by atoms with Crippen LogP contribution in [0.5, 0.6) is 5.75 Å². The van der Waals surface area contributed by atoms with Gasteiger partial charge in [0.2, 0.25) is 0 Å². The second-order valence-corrected chi connectivity index (χ2v) is 7.77. The Bertz CT molecular complexity index is 628. The maximum absolute atomic E-state index is 12.9. The molecule has 2 aliphatic rings. The molecule has 6 heteroatoms. The minimum absolute atomic E-state index is 0.0984. The molecule has 2 aliphatic heterocycles. The number of amides is 1. The van der Waals surface area contributed by atoms with Crippen LogP contribution in [0.25, 0.3) is 0 Å². The number of benzene rings is 1. The first kappa shape index (κ1) is 20.1. The predicted octanol–water partition coefficient (Wildman–Crippen LogP) is 2.14. The molecule has 0 unspecified atom stereocenters. The number of rotatable bonds is 7. The van der Waals surface area contributed by atoms with Crippen molar-refractivity contribution in [2.45, 2.75) is 12.8 Å². The van der Waals surface area contributed by atoms with E-state index in [1.807, 2.05) is 29.2 Å². The molecule has 0 N–H and O–H groups in total. The monoisotopic (exact) mass is 376 g/mol. The summed E-state index contributed by atoms with van der Waals surface area (Å²) in [7, 11) is 5.16. The van der Waals surface area contributed by atoms with Crippen molar-refractivity contribution in [3.8, 4) is 5.75 Å². The number of nitrogens with zero attached hydrogens (tertiary/aromatic N) is 2. The summed E-state index contributed by atoms with van der Waals surface area (Å²) < 4.78 is 16.0. The molecule has 3 rings (SSSR count). The SMILES string of the molecule is COCCN1C[C@@H](COC)C2(CCN(C(=O)c3cccc(OC)c3)CC2)C1. The van der Waals surface area contributed by atoms with Crippen LogP contribution in [0.15, 0.2) is 24.3 Å². The molecule has 1 amide bonds. The maximum atomic E-state index is 12.9. The zero-order valence-corrected chi connectivity index (χ0v) is 16.8. The number of ether oxygens (including phenoxy) is 3. The summed E-state index contributed by atoms with van der Waals surface area (Å²) in [4.78, 5) is 17.4. The van der Waals surface area contributed by atoms with Gasteiger partial charge in [-0.3, -0.25) is 4.79 Å². The highest BCUT2D eigenvalue weighted by Gasteiger charge is 2.48. The highest BCUT2D eigenvalue weighted by atomic mass is 16.5. The van der Waals surface area contributed by atoms with Gasteiger partial charge in [0.25, 0.3) is 5.91 Å². The first-order valence-electron chi connectivity index (χ1n) is 9.75. The zero-order chi connectivity index (χ0) is 19.3. The Hall–Kier alpha value is -1.63. The van der Waals surface area contributed by atoms with Crippen molar-refractivity contribution in [3.05, 3.63) is 29.8 Å². The first-order valence-corrected chi connectivity index (χ1v) is 9.75. The lowest BCUT2D eigenvalue weighted by atomic mass is 9.71. The van der Waals surface area contributed by atoms with Gasteiger partial charge >= 0.3 is 0 Å². The third-order valence-corrected chi connectivity index (χ3v) is 6.23. The molecule has 0 aromatic heterocycles. The summed E-state index contributed by atoms with van der Waals surface area (Å²) in [6.07, 6.45) is 2.06. The Kier molecular flexibility index (Phi) is 6.73. The van der Waals surface area contributed by atoms with Crippen LogP contribution in [0.1, 0.15) is 23.2 Å². The van der Waals surface area contributed by atoms with E-state index in [1.165, 1.54) is 0 Å². The second kappa shape index (κ2) is 9.04. The van der Waals surface area contributed by atoms with Gasteiger partial charge in [-0.25, -0.2) is 0 Å². The third-order valence-electron chi connectivity index (χ3n) is 6.23. The third kappa shape index (κ3) is 4.45. The number of methoxy groups -OCH3 is 3. The molecule has 1 atom stereocenters. The Morgan fingerprint density at radius 1 is 1.19 bits per heavy atom. The van der Waals surface area contributed by atoms with Crippen LogP contribution in [-0.4, -0.2) is 83.0 Å². The molecular weight excluding hydrogens is 344 g/mol. The molecule has 2 saturated heterocycles. The smallest absolute Gasteiger partial charge is 0.253 e. The van der Waals surface area contributed by atoms with E-state index in [9.17, 15) is 4.79 Å². The molecule has 0 radical (unpaired) electrons. The van der Waals surface area contributed by atoms with E-state index in [0.29, 0.717) is 11.5 Å². The number of carbonyl (C=O) groups excluding carboxylic acids is 1. The summed E-state index contributed by atoms with van der Waals surface area (Å²) >= 11 is 0. The average molecular weight is 376 g/mol. The van der Waals surface area contributed by atoms with Gasteiger partial charge in [-0.1, -0.05) is 6.07 Å². The fourth-order valence-electron chi connectivity index (χ4n) is 4.63. The van der Waals surface area contributed by atoms with Crippen LogP contribution in [-0.2, 0) is 9.47 Å². The minimum Gasteiger partial charge on any atom is -0.497 e. The van der Waals surface area contributed by atoms with Crippen LogP contribution in [0.4, 0.5) is 0 Å². The quantitative estimate of drug-likeness (QED) is 0.730. The van der Waals surface area contributed by atoms with E-state index in [-0.39, 0.29) is 11.3 Å². The summed E-state index contributed by atoms with van der Waals surface area (Å²) in [6, 6.07) is 7.43. The van der Waals surface area contributed by atoms with Crippen LogP contribution < -0.4 is 4.74 Å². The number of hydrogen-bond donors (Lipinski definition) is 0. The highest BCUT2D eigenvalue weighted by Crippen LogP contribution is 2.45. The van der Waals surface area contributed by atoms with Gasteiger partial charge in [0, 0.05) is 58.4 Å². The van der Waals surface area contributed by atoms with Crippen molar-refractivity contribution in [1.29, 1.82) is 0 Å². The van der Waals surface area contributed by atoms with E-state index in [4.69, 9.17) is 14.2 Å². The van der Waals surface area contributed by atoms with Crippen molar-refractivity contribution in [3.63, 3.8) is 0 Å². The van der Waals surface area contributed by atoms with Gasteiger partial charge in [-0.15, -0.1) is 0 Å². The molecule has 1 aromatic carbocycles. The minimum atomic E-state index is 0.0984. The lowest BCUT2D eigenvalue weighted by molar-refractivity contribution is 0.0321. The van der Waals surface area contributed by atoms with Crippen molar-refractivity contribution >= 4 is 5.91 Å². The summed E-state index contributed by atoms with van der Waals surface area (Å²) in [5.41, 5.74) is 0.946. The lowest BCUT2D eigenvalue weighted by Gasteiger charge is -2.42. The number of likely N-dealkylation sites (tertiary alicyclic amines) is 2. The lowest BCUT2D eigenvalue weighted by Crippen LogP contribution is -2.47. The number of hydrogen-bond acceptors (Lipinski definition) is 5. The molecule has 27 heavy (non-hydrogen) atoms. The largest absolute Gasteiger partial charge is 0.497 e. The highest BCUT2D eigenvalue weighted by molar-refractivity contribution is 5.94. The summed E-state index contributed by atoms with van der Waals surface area (Å²) in [6.45, 7) is 6.24. The Morgan fingerprint density at radius 2 is 1.96 bits per heavy atom. The van der Waals surface area contributed by atoms with Crippen LogP contribution in [0, 0.1) is 11.3 Å². The fraction of sp³-hybridized carbons (Fsp3) is 0.667. The van der Waals surface area contributed by atoms with E-state index in [2.05, 4.69) is 4.90 Å². The molecule has 6 nitrogen and oxygen atoms in total. The maximum Gasteiger partial charge on any atom is 0.253 e. The van der Waals surface area contributed by atoms with Crippen molar-refractivity contribution < 1.29 is 19.0 Å². The van der Waals surface area contributed by atoms with Crippen LogP contribution >= 0.6 is 0 Å². The number of piperidine rings is 1. The van der Waals surface area contributed by atoms with E-state index < -0.39 is 0 Å². The molecule has 0 bridgehead atoms. The zero-order valence-electron chi connectivity index (χ0n) is 16.8. The molecule has 2 fully saturated rings. The Morgan fingerprint density at radius 3 is 2.63 bits per heavy atom. The van der Waals surface area contributed by atoms with Crippen molar-refractivity contribution in [2.75, 3.05) is 67.3 Å². The van der Waals surface area contributed by atoms with Gasteiger partial charge in [0.1, 0.15) is 5.75 Å². The van der Waals surface area contributed by atoms with Gasteiger partial charge < -0.3 is 24.0 Å². The van der Waals surface area contributed by atoms with Crippen molar-refractivity contribution in [2.24, 2.45) is 11.3 Å².